The molecule has 0 bridgehead atoms. The maximum absolute atomic E-state index is 11.0. The van der Waals surface area contributed by atoms with E-state index in [1.165, 1.54) is 12.3 Å². The lowest BCUT2D eigenvalue weighted by Crippen LogP contribution is -2.05. The van der Waals surface area contributed by atoms with Crippen LogP contribution in [0.3, 0.4) is 0 Å². The molecule has 0 aliphatic rings. The zero-order chi connectivity index (χ0) is 13.3. The third-order valence-corrected chi connectivity index (χ3v) is 3.28. The average molecular weight is 268 g/mol. The maximum atomic E-state index is 11.0. The Balaban J connectivity index is 2.53. The summed E-state index contributed by atoms with van der Waals surface area (Å²) in [6, 6.07) is 1.39. The first-order chi connectivity index (χ1) is 8.52. The number of hydrogen-bond acceptors (Lipinski definition) is 3. The van der Waals surface area contributed by atoms with Crippen LogP contribution in [-0.2, 0) is 6.42 Å². The molecule has 2 heterocycles. The van der Waals surface area contributed by atoms with Gasteiger partial charge in [0.05, 0.1) is 10.6 Å². The number of hydrogen-bond donors (Lipinski definition) is 1. The van der Waals surface area contributed by atoms with Gasteiger partial charge < -0.3 is 5.11 Å². The van der Waals surface area contributed by atoms with Gasteiger partial charge in [-0.05, 0) is 12.0 Å². The predicted octanol–water partition coefficient (Wildman–Crippen LogP) is 2.67. The molecular formula is C12H14ClN3O2. The lowest BCUT2D eigenvalue weighted by Gasteiger charge is -2.07. The van der Waals surface area contributed by atoms with Gasteiger partial charge in [0.25, 0.3) is 0 Å². The minimum Gasteiger partial charge on any atom is -0.478 e. The number of aromatic nitrogens is 3. The van der Waals surface area contributed by atoms with Gasteiger partial charge in [0.2, 0.25) is 0 Å². The first-order valence-corrected chi connectivity index (χ1v) is 6.17. The highest BCUT2D eigenvalue weighted by Crippen LogP contribution is 2.20. The van der Waals surface area contributed by atoms with Gasteiger partial charge in [-0.1, -0.05) is 31.9 Å². The van der Waals surface area contributed by atoms with Crippen LogP contribution in [-0.4, -0.2) is 25.7 Å². The van der Waals surface area contributed by atoms with E-state index in [0.29, 0.717) is 16.6 Å². The van der Waals surface area contributed by atoms with Crippen molar-refractivity contribution in [3.63, 3.8) is 0 Å². The monoisotopic (exact) mass is 267 g/mol. The molecule has 0 spiro atoms. The third kappa shape index (κ3) is 2.31. The van der Waals surface area contributed by atoms with Crippen molar-refractivity contribution in [2.24, 2.45) is 5.92 Å². The first kappa shape index (κ1) is 12.8. The molecule has 0 aliphatic heterocycles. The fourth-order valence-corrected chi connectivity index (χ4v) is 1.96. The molecule has 0 saturated carbocycles. The smallest absolute Gasteiger partial charge is 0.337 e. The number of carboxylic acid groups (broad SMARTS) is 1. The number of carboxylic acids is 1. The van der Waals surface area contributed by atoms with Crippen LogP contribution in [0, 0.1) is 5.92 Å². The van der Waals surface area contributed by atoms with Gasteiger partial charge in [-0.3, -0.25) is 4.40 Å². The molecule has 18 heavy (non-hydrogen) atoms. The van der Waals surface area contributed by atoms with Crippen molar-refractivity contribution in [2.45, 2.75) is 26.7 Å². The van der Waals surface area contributed by atoms with Gasteiger partial charge in [-0.2, -0.15) is 0 Å². The minimum absolute atomic E-state index is 0.137. The molecule has 0 aromatic carbocycles. The lowest BCUT2D eigenvalue weighted by molar-refractivity contribution is 0.0696. The molecule has 0 saturated heterocycles. The second-order valence-electron chi connectivity index (χ2n) is 4.41. The number of aromatic carboxylic acids is 1. The summed E-state index contributed by atoms with van der Waals surface area (Å²) in [5.74, 6) is 0.191. The summed E-state index contributed by atoms with van der Waals surface area (Å²) in [6.07, 6.45) is 3.29. The molecule has 6 heteroatoms. The van der Waals surface area contributed by atoms with E-state index in [9.17, 15) is 4.79 Å². The van der Waals surface area contributed by atoms with Gasteiger partial charge in [0, 0.05) is 12.6 Å². The van der Waals surface area contributed by atoms with Crippen molar-refractivity contribution >= 4 is 23.2 Å². The van der Waals surface area contributed by atoms with Crippen LogP contribution in [0.5, 0.6) is 0 Å². The predicted molar refractivity (Wildman–Crippen MR) is 68.1 cm³/mol. The van der Waals surface area contributed by atoms with E-state index in [4.69, 9.17) is 16.7 Å². The van der Waals surface area contributed by atoms with Crippen LogP contribution in [0.2, 0.25) is 5.02 Å². The maximum Gasteiger partial charge on any atom is 0.337 e. The van der Waals surface area contributed by atoms with E-state index in [1.807, 2.05) is 0 Å². The van der Waals surface area contributed by atoms with E-state index < -0.39 is 5.97 Å². The Kier molecular flexibility index (Phi) is 3.52. The topological polar surface area (TPSA) is 67.5 Å². The SMILES string of the molecule is CCC(C)Cc1nnc2c(Cl)cc(C(=O)O)cn12. The Morgan fingerprint density at radius 1 is 1.56 bits per heavy atom. The summed E-state index contributed by atoms with van der Waals surface area (Å²) in [4.78, 5) is 11.0. The van der Waals surface area contributed by atoms with Crippen LogP contribution >= 0.6 is 11.6 Å². The standard InChI is InChI=1S/C12H14ClN3O2/c1-3-7(2)4-10-14-15-11-9(13)5-8(12(17)18)6-16(10)11/h5-7H,3-4H2,1-2H3,(H,17,18). The number of nitrogens with zero attached hydrogens (tertiary/aromatic N) is 3. The van der Waals surface area contributed by atoms with E-state index in [0.717, 1.165) is 18.7 Å². The molecule has 2 aromatic heterocycles. The van der Waals surface area contributed by atoms with Crippen molar-refractivity contribution < 1.29 is 9.90 Å². The lowest BCUT2D eigenvalue weighted by atomic mass is 10.1. The molecule has 0 radical (unpaired) electrons. The summed E-state index contributed by atoms with van der Waals surface area (Å²) in [6.45, 7) is 4.22. The van der Waals surface area contributed by atoms with Gasteiger partial charge in [-0.15, -0.1) is 10.2 Å². The number of carbonyl (C=O) groups is 1. The Morgan fingerprint density at radius 3 is 2.89 bits per heavy atom. The summed E-state index contributed by atoms with van der Waals surface area (Å²) < 4.78 is 1.66. The molecule has 1 N–H and O–H groups in total. The average Bonchev–Trinajstić information content (AvgIpc) is 2.72. The minimum atomic E-state index is -1.01. The highest BCUT2D eigenvalue weighted by molar-refractivity contribution is 6.33. The van der Waals surface area contributed by atoms with E-state index in [-0.39, 0.29) is 5.56 Å². The van der Waals surface area contributed by atoms with Crippen LogP contribution in [0.15, 0.2) is 12.3 Å². The molecule has 5 nitrogen and oxygen atoms in total. The summed E-state index contributed by atoms with van der Waals surface area (Å²) >= 11 is 6.00. The fourth-order valence-electron chi connectivity index (χ4n) is 1.71. The highest BCUT2D eigenvalue weighted by atomic mass is 35.5. The van der Waals surface area contributed by atoms with Crippen LogP contribution < -0.4 is 0 Å². The third-order valence-electron chi connectivity index (χ3n) is 3.01. The number of fused-ring (bicyclic) bond motifs is 1. The molecule has 0 fully saturated rings. The van der Waals surface area contributed by atoms with Gasteiger partial charge in [-0.25, -0.2) is 4.79 Å². The Morgan fingerprint density at radius 2 is 2.28 bits per heavy atom. The van der Waals surface area contributed by atoms with Crippen LogP contribution in [0.1, 0.15) is 36.5 Å². The van der Waals surface area contributed by atoms with Crippen molar-refractivity contribution in [2.75, 3.05) is 0 Å². The molecule has 2 aromatic rings. The van der Waals surface area contributed by atoms with Crippen molar-refractivity contribution in [1.82, 2.24) is 14.6 Å². The van der Waals surface area contributed by atoms with E-state index in [2.05, 4.69) is 24.0 Å². The fraction of sp³-hybridized carbons (Fsp3) is 0.417. The van der Waals surface area contributed by atoms with Crippen LogP contribution in [0.25, 0.3) is 5.65 Å². The number of pyridine rings is 1. The molecule has 96 valence electrons. The number of rotatable bonds is 4. The summed E-state index contributed by atoms with van der Waals surface area (Å²) in [5.41, 5.74) is 0.637. The van der Waals surface area contributed by atoms with Crippen LogP contribution in [0.4, 0.5) is 0 Å². The van der Waals surface area contributed by atoms with E-state index in [1.54, 1.807) is 4.40 Å². The van der Waals surface area contributed by atoms with Crippen molar-refractivity contribution in [1.29, 1.82) is 0 Å². The quantitative estimate of drug-likeness (QED) is 0.925. The highest BCUT2D eigenvalue weighted by Gasteiger charge is 2.14. The largest absolute Gasteiger partial charge is 0.478 e. The summed E-state index contributed by atoms with van der Waals surface area (Å²) in [7, 11) is 0. The summed E-state index contributed by atoms with van der Waals surface area (Å²) in [5, 5.41) is 17.4. The molecule has 1 unspecified atom stereocenters. The molecule has 0 aliphatic carbocycles. The van der Waals surface area contributed by atoms with Gasteiger partial charge >= 0.3 is 5.97 Å². The second kappa shape index (κ2) is 4.94. The zero-order valence-corrected chi connectivity index (χ0v) is 11.0. The molecule has 0 amide bonds. The first-order valence-electron chi connectivity index (χ1n) is 5.79. The van der Waals surface area contributed by atoms with Gasteiger partial charge in [0.15, 0.2) is 5.65 Å². The molecule has 2 rings (SSSR count). The Labute approximate surface area is 109 Å². The Bertz CT molecular complexity index is 594. The Hall–Kier alpha value is -1.62. The zero-order valence-electron chi connectivity index (χ0n) is 10.2. The van der Waals surface area contributed by atoms with Crippen molar-refractivity contribution in [3.05, 3.63) is 28.7 Å². The number of halogens is 1. The second-order valence-corrected chi connectivity index (χ2v) is 4.82. The van der Waals surface area contributed by atoms with E-state index >= 15 is 0 Å². The normalized spacial score (nSPS) is 12.8. The van der Waals surface area contributed by atoms with Gasteiger partial charge in [0.1, 0.15) is 5.82 Å². The molecule has 1 atom stereocenters. The van der Waals surface area contributed by atoms with Crippen molar-refractivity contribution in [3.8, 4) is 0 Å². The molecular weight excluding hydrogens is 254 g/mol.